The van der Waals surface area contributed by atoms with Gasteiger partial charge in [-0.15, -0.1) is 16.8 Å². The number of hydrogen-bond acceptors (Lipinski definition) is 5. The number of sulfonamides is 1. The molecule has 3 rings (SSSR count). The van der Waals surface area contributed by atoms with Gasteiger partial charge in [0.25, 0.3) is 0 Å². The van der Waals surface area contributed by atoms with Crippen LogP contribution in [0.5, 0.6) is 0 Å². The molecule has 3 aromatic rings. The second-order valence-corrected chi connectivity index (χ2v) is 7.51. The maximum atomic E-state index is 14.0. The molecule has 152 valence electrons. The molecule has 0 amide bonds. The minimum atomic E-state index is -4.54. The van der Waals surface area contributed by atoms with Gasteiger partial charge in [0.1, 0.15) is 10.7 Å². The molecule has 0 spiro atoms. The Kier molecular flexibility index (Phi) is 5.53. The predicted octanol–water partition coefficient (Wildman–Crippen LogP) is 4.03. The first kappa shape index (κ1) is 20.7. The van der Waals surface area contributed by atoms with Gasteiger partial charge in [-0.1, -0.05) is 12.1 Å². The highest BCUT2D eigenvalue weighted by molar-refractivity contribution is 7.89. The number of nitrogens with zero attached hydrogens (tertiary/aromatic N) is 2. The fraction of sp³-hybridized carbons (Fsp3) is 0.111. The van der Waals surface area contributed by atoms with Crippen molar-refractivity contribution in [2.75, 3.05) is 6.54 Å². The fourth-order valence-electron chi connectivity index (χ4n) is 2.37. The number of alkyl halides is 3. The number of rotatable bonds is 6. The van der Waals surface area contributed by atoms with Crippen LogP contribution in [0.15, 0.2) is 64.4 Å². The zero-order valence-corrected chi connectivity index (χ0v) is 15.4. The zero-order chi connectivity index (χ0) is 21.2. The molecule has 0 aliphatic rings. The van der Waals surface area contributed by atoms with Gasteiger partial charge in [-0.05, 0) is 36.4 Å². The van der Waals surface area contributed by atoms with Crippen molar-refractivity contribution in [1.82, 2.24) is 14.9 Å². The first-order valence-corrected chi connectivity index (χ1v) is 9.52. The van der Waals surface area contributed by atoms with Crippen LogP contribution in [-0.4, -0.2) is 25.2 Å². The van der Waals surface area contributed by atoms with Crippen LogP contribution in [0.25, 0.3) is 22.9 Å². The molecule has 0 unspecified atom stereocenters. The van der Waals surface area contributed by atoms with Gasteiger partial charge in [0, 0.05) is 17.7 Å². The lowest BCUT2D eigenvalue weighted by molar-refractivity contribution is -0.137. The minimum absolute atomic E-state index is 0.0289. The molecule has 29 heavy (non-hydrogen) atoms. The molecule has 2 aromatic carbocycles. The van der Waals surface area contributed by atoms with Crippen LogP contribution in [0, 0.1) is 5.82 Å². The molecule has 0 saturated carbocycles. The number of halogens is 4. The molecule has 0 aliphatic heterocycles. The lowest BCUT2D eigenvalue weighted by Crippen LogP contribution is -2.24. The first-order chi connectivity index (χ1) is 13.6. The van der Waals surface area contributed by atoms with Crippen molar-refractivity contribution < 1.29 is 30.4 Å². The third kappa shape index (κ3) is 4.51. The third-order valence-electron chi connectivity index (χ3n) is 3.75. The molecular weight excluding hydrogens is 414 g/mol. The van der Waals surface area contributed by atoms with E-state index in [2.05, 4.69) is 21.5 Å². The van der Waals surface area contributed by atoms with Crippen LogP contribution in [0.2, 0.25) is 0 Å². The Hall–Kier alpha value is -3.05. The van der Waals surface area contributed by atoms with Crippen molar-refractivity contribution in [3.05, 3.63) is 66.5 Å². The van der Waals surface area contributed by atoms with E-state index in [1.54, 1.807) is 0 Å². The van der Waals surface area contributed by atoms with Gasteiger partial charge >= 0.3 is 6.18 Å². The maximum Gasteiger partial charge on any atom is 0.416 e. The Morgan fingerprint density at radius 3 is 2.34 bits per heavy atom. The highest BCUT2D eigenvalue weighted by atomic mass is 32.2. The average Bonchev–Trinajstić information content (AvgIpc) is 3.16. The van der Waals surface area contributed by atoms with E-state index in [0.717, 1.165) is 24.3 Å². The number of nitrogens with one attached hydrogen (secondary N) is 1. The highest BCUT2D eigenvalue weighted by Gasteiger charge is 2.31. The van der Waals surface area contributed by atoms with Gasteiger partial charge in [-0.2, -0.15) is 13.2 Å². The Morgan fingerprint density at radius 1 is 1.07 bits per heavy atom. The summed E-state index contributed by atoms with van der Waals surface area (Å²) in [6.07, 6.45) is -3.25. The summed E-state index contributed by atoms with van der Waals surface area (Å²) in [5.41, 5.74) is -0.782. The van der Waals surface area contributed by atoms with Crippen LogP contribution in [0.3, 0.4) is 0 Å². The van der Waals surface area contributed by atoms with Crippen LogP contribution in [0.1, 0.15) is 5.56 Å². The highest BCUT2D eigenvalue weighted by Crippen LogP contribution is 2.33. The molecule has 6 nitrogen and oxygen atoms in total. The van der Waals surface area contributed by atoms with E-state index >= 15 is 0 Å². The van der Waals surface area contributed by atoms with Crippen LogP contribution in [-0.2, 0) is 16.2 Å². The molecule has 0 fully saturated rings. The first-order valence-electron chi connectivity index (χ1n) is 8.03. The normalized spacial score (nSPS) is 12.1. The molecule has 0 radical (unpaired) electrons. The molecule has 0 atom stereocenters. The second-order valence-electron chi connectivity index (χ2n) is 5.78. The summed E-state index contributed by atoms with van der Waals surface area (Å²) in [5, 5.41) is 7.41. The van der Waals surface area contributed by atoms with Gasteiger partial charge in [-0.25, -0.2) is 17.5 Å². The molecule has 11 heteroatoms. The zero-order valence-electron chi connectivity index (χ0n) is 14.6. The molecular formula is C18H13F4N3O3S. The molecule has 0 aliphatic carbocycles. The van der Waals surface area contributed by atoms with E-state index in [1.165, 1.54) is 24.3 Å². The van der Waals surface area contributed by atoms with E-state index in [0.29, 0.717) is 0 Å². The SMILES string of the molecule is C=CCNS(=O)(=O)c1cc(-c2nnc(-c3cccc(C(F)(F)F)c3)o2)ccc1F. The van der Waals surface area contributed by atoms with E-state index in [-0.39, 0.29) is 29.5 Å². The monoisotopic (exact) mass is 427 g/mol. The Labute approximate surface area is 162 Å². The third-order valence-corrected chi connectivity index (χ3v) is 5.19. The predicted molar refractivity (Wildman–Crippen MR) is 95.5 cm³/mol. The summed E-state index contributed by atoms with van der Waals surface area (Å²) in [5.74, 6) is -1.38. The van der Waals surface area contributed by atoms with E-state index < -0.39 is 32.5 Å². The maximum absolute atomic E-state index is 14.0. The summed E-state index contributed by atoms with van der Waals surface area (Å²) in [4.78, 5) is -0.643. The van der Waals surface area contributed by atoms with Crippen LogP contribution < -0.4 is 4.72 Å². The van der Waals surface area contributed by atoms with Gasteiger partial charge in [0.15, 0.2) is 0 Å². The summed E-state index contributed by atoms with van der Waals surface area (Å²) in [6.45, 7) is 3.27. The van der Waals surface area contributed by atoms with E-state index in [1.807, 2.05) is 0 Å². The Balaban J connectivity index is 1.98. The van der Waals surface area contributed by atoms with Crippen molar-refractivity contribution in [3.8, 4) is 22.9 Å². The Morgan fingerprint density at radius 2 is 1.72 bits per heavy atom. The number of hydrogen-bond donors (Lipinski definition) is 1. The van der Waals surface area contributed by atoms with Crippen molar-refractivity contribution in [2.45, 2.75) is 11.1 Å². The van der Waals surface area contributed by atoms with Crippen LogP contribution in [0.4, 0.5) is 17.6 Å². The smallest absolute Gasteiger partial charge is 0.416 e. The standard InChI is InChI=1S/C18H13F4N3O3S/c1-2-8-23-29(26,27)15-10-12(6-7-14(15)19)17-25-24-16(28-17)11-4-3-5-13(9-11)18(20,21)22/h2-7,9-10,23H,1,8H2. The largest absolute Gasteiger partial charge is 0.416 e. The Bertz CT molecular complexity index is 1160. The number of benzene rings is 2. The summed E-state index contributed by atoms with van der Waals surface area (Å²) < 4.78 is 84.5. The van der Waals surface area contributed by atoms with E-state index in [4.69, 9.17) is 4.42 Å². The van der Waals surface area contributed by atoms with Gasteiger partial charge in [-0.3, -0.25) is 0 Å². The van der Waals surface area contributed by atoms with Gasteiger partial charge < -0.3 is 4.42 Å². The lowest BCUT2D eigenvalue weighted by atomic mass is 10.1. The van der Waals surface area contributed by atoms with Crippen LogP contribution >= 0.6 is 0 Å². The minimum Gasteiger partial charge on any atom is -0.416 e. The summed E-state index contributed by atoms with van der Waals surface area (Å²) in [6, 6.07) is 7.40. The van der Waals surface area contributed by atoms with Crippen molar-refractivity contribution in [2.24, 2.45) is 0 Å². The van der Waals surface area contributed by atoms with E-state index in [9.17, 15) is 26.0 Å². The van der Waals surface area contributed by atoms with Gasteiger partial charge in [0.2, 0.25) is 21.8 Å². The molecule has 0 saturated heterocycles. The molecule has 1 aromatic heterocycles. The quantitative estimate of drug-likeness (QED) is 0.474. The lowest BCUT2D eigenvalue weighted by Gasteiger charge is -2.07. The second kappa shape index (κ2) is 7.76. The van der Waals surface area contributed by atoms with Crippen molar-refractivity contribution >= 4 is 10.0 Å². The molecule has 1 heterocycles. The number of aromatic nitrogens is 2. The molecule has 1 N–H and O–H groups in total. The van der Waals surface area contributed by atoms with Crippen molar-refractivity contribution in [3.63, 3.8) is 0 Å². The summed E-state index contributed by atoms with van der Waals surface area (Å²) >= 11 is 0. The topological polar surface area (TPSA) is 85.1 Å². The van der Waals surface area contributed by atoms with Crippen molar-refractivity contribution in [1.29, 1.82) is 0 Å². The molecule has 0 bridgehead atoms. The fourth-order valence-corrected chi connectivity index (χ4v) is 3.47. The van der Waals surface area contributed by atoms with Gasteiger partial charge in [0.05, 0.1) is 5.56 Å². The average molecular weight is 427 g/mol. The summed E-state index contributed by atoms with van der Waals surface area (Å²) in [7, 11) is -4.16.